The van der Waals surface area contributed by atoms with E-state index in [1.54, 1.807) is 0 Å². The third-order valence-electron chi connectivity index (χ3n) is 4.00. The van der Waals surface area contributed by atoms with Crippen LogP contribution in [0.2, 0.25) is 0 Å². The summed E-state index contributed by atoms with van der Waals surface area (Å²) >= 11 is 0. The molecule has 0 heterocycles. The van der Waals surface area contributed by atoms with E-state index >= 15 is 0 Å². The van der Waals surface area contributed by atoms with Gasteiger partial charge in [-0.15, -0.1) is 24.8 Å². The van der Waals surface area contributed by atoms with Crippen molar-refractivity contribution in [1.82, 2.24) is 10.2 Å². The number of rotatable bonds is 10. The quantitative estimate of drug-likeness (QED) is 0.658. The molecule has 3 N–H and O–H groups in total. The van der Waals surface area contributed by atoms with Crippen molar-refractivity contribution in [2.75, 3.05) is 19.6 Å². The second kappa shape index (κ2) is 14.5. The number of likely N-dealkylation sites (N-methyl/N-ethyl adjacent to an activating group) is 1. The molecule has 1 rings (SSSR count). The maximum atomic E-state index is 11.9. The Morgan fingerprint density at radius 2 is 1.75 bits per heavy atom. The molecule has 4 nitrogen and oxygen atoms in total. The first-order valence-corrected chi connectivity index (χ1v) is 8.37. The molecular formula is C18H33Cl2N3O. The molecule has 0 aliphatic heterocycles. The van der Waals surface area contributed by atoms with Crippen molar-refractivity contribution in [2.24, 2.45) is 5.73 Å². The molecule has 24 heavy (non-hydrogen) atoms. The molecule has 0 aliphatic rings. The highest BCUT2D eigenvalue weighted by Crippen LogP contribution is 2.09. The highest BCUT2D eigenvalue weighted by molar-refractivity contribution is 5.85. The summed E-state index contributed by atoms with van der Waals surface area (Å²) in [5, 5.41) is 3.07. The van der Waals surface area contributed by atoms with Gasteiger partial charge >= 0.3 is 0 Å². The van der Waals surface area contributed by atoms with E-state index < -0.39 is 0 Å². The zero-order valence-electron chi connectivity index (χ0n) is 15.0. The summed E-state index contributed by atoms with van der Waals surface area (Å²) in [5.41, 5.74) is 7.01. The third-order valence-corrected chi connectivity index (χ3v) is 4.00. The fourth-order valence-electron chi connectivity index (χ4n) is 2.64. The van der Waals surface area contributed by atoms with Gasteiger partial charge in [0, 0.05) is 25.0 Å². The smallest absolute Gasteiger partial charge is 0.220 e. The van der Waals surface area contributed by atoms with Gasteiger partial charge < -0.3 is 11.1 Å². The van der Waals surface area contributed by atoms with E-state index in [0.29, 0.717) is 19.0 Å². The van der Waals surface area contributed by atoms with Crippen molar-refractivity contribution in [3.8, 4) is 0 Å². The lowest BCUT2D eigenvalue weighted by Crippen LogP contribution is -2.45. The fourth-order valence-corrected chi connectivity index (χ4v) is 2.64. The van der Waals surface area contributed by atoms with E-state index in [1.807, 2.05) is 13.0 Å². The molecule has 0 saturated carbocycles. The monoisotopic (exact) mass is 377 g/mol. The Hall–Kier alpha value is -0.810. The van der Waals surface area contributed by atoms with Crippen molar-refractivity contribution in [3.63, 3.8) is 0 Å². The Balaban J connectivity index is 0. The average Bonchev–Trinajstić information content (AvgIpc) is 2.52. The normalized spacial score (nSPS) is 12.7. The van der Waals surface area contributed by atoms with Crippen LogP contribution in [0, 0.1) is 0 Å². The summed E-state index contributed by atoms with van der Waals surface area (Å²) in [6.07, 6.45) is 2.20. The number of nitrogens with one attached hydrogen (secondary N) is 1. The van der Waals surface area contributed by atoms with Crippen LogP contribution >= 0.6 is 24.8 Å². The number of benzene rings is 1. The number of carbonyl (C=O) groups is 1. The average molecular weight is 378 g/mol. The van der Waals surface area contributed by atoms with Gasteiger partial charge in [0.05, 0.1) is 0 Å². The molecule has 0 saturated heterocycles. The van der Waals surface area contributed by atoms with Crippen LogP contribution in [0.25, 0.3) is 0 Å². The minimum absolute atomic E-state index is 0. The van der Waals surface area contributed by atoms with Crippen molar-refractivity contribution >= 4 is 30.7 Å². The second-order valence-corrected chi connectivity index (χ2v) is 5.88. The first kappa shape index (κ1) is 25.4. The van der Waals surface area contributed by atoms with Crippen molar-refractivity contribution in [2.45, 2.75) is 52.1 Å². The summed E-state index contributed by atoms with van der Waals surface area (Å²) in [7, 11) is 0. The molecule has 1 aromatic rings. The van der Waals surface area contributed by atoms with Crippen molar-refractivity contribution in [3.05, 3.63) is 35.9 Å². The highest BCUT2D eigenvalue weighted by Gasteiger charge is 2.17. The van der Waals surface area contributed by atoms with E-state index in [-0.39, 0.29) is 36.8 Å². The molecule has 1 amide bonds. The van der Waals surface area contributed by atoms with E-state index in [2.05, 4.69) is 48.3 Å². The number of nitrogens with zero attached hydrogens (tertiary/aromatic N) is 1. The number of hydrogen-bond donors (Lipinski definition) is 2. The maximum Gasteiger partial charge on any atom is 0.220 e. The number of halogens is 2. The SMILES string of the molecule is CCN(CC)C(CNC(=O)CCC(C)N)Cc1ccccc1.Cl.Cl. The summed E-state index contributed by atoms with van der Waals surface area (Å²) in [4.78, 5) is 14.3. The molecule has 2 atom stereocenters. The first-order chi connectivity index (χ1) is 10.6. The predicted molar refractivity (Wildman–Crippen MR) is 107 cm³/mol. The lowest BCUT2D eigenvalue weighted by atomic mass is 10.0. The van der Waals surface area contributed by atoms with E-state index in [4.69, 9.17) is 5.73 Å². The summed E-state index contributed by atoms with van der Waals surface area (Å²) in [6.45, 7) is 8.93. The van der Waals surface area contributed by atoms with Gasteiger partial charge in [0.25, 0.3) is 0 Å². The standard InChI is InChI=1S/C18H31N3O.2ClH/c1-4-21(5-2)17(13-16-9-7-6-8-10-16)14-20-18(22)12-11-15(3)19;;/h6-10,15,17H,4-5,11-14,19H2,1-3H3,(H,20,22);2*1H. The van der Waals surface area contributed by atoms with Crippen LogP contribution in [0.1, 0.15) is 39.2 Å². The topological polar surface area (TPSA) is 58.4 Å². The van der Waals surface area contributed by atoms with Gasteiger partial charge in [-0.1, -0.05) is 44.2 Å². The van der Waals surface area contributed by atoms with Crippen LogP contribution in [0.15, 0.2) is 30.3 Å². The molecule has 0 radical (unpaired) electrons. The minimum Gasteiger partial charge on any atom is -0.355 e. The zero-order valence-corrected chi connectivity index (χ0v) is 16.7. The van der Waals surface area contributed by atoms with Gasteiger partial charge in [-0.25, -0.2) is 0 Å². The van der Waals surface area contributed by atoms with Crippen LogP contribution in [0.5, 0.6) is 0 Å². The van der Waals surface area contributed by atoms with Crippen LogP contribution in [0.4, 0.5) is 0 Å². The summed E-state index contributed by atoms with van der Waals surface area (Å²) < 4.78 is 0. The molecule has 0 aromatic heterocycles. The second-order valence-electron chi connectivity index (χ2n) is 5.88. The lowest BCUT2D eigenvalue weighted by Gasteiger charge is -2.30. The zero-order chi connectivity index (χ0) is 16.4. The van der Waals surface area contributed by atoms with Crippen LogP contribution in [0.3, 0.4) is 0 Å². The molecule has 1 aromatic carbocycles. The van der Waals surface area contributed by atoms with Crippen LogP contribution in [-0.4, -0.2) is 42.5 Å². The van der Waals surface area contributed by atoms with Crippen LogP contribution < -0.4 is 11.1 Å². The largest absolute Gasteiger partial charge is 0.355 e. The molecule has 0 spiro atoms. The Morgan fingerprint density at radius 3 is 2.25 bits per heavy atom. The lowest BCUT2D eigenvalue weighted by molar-refractivity contribution is -0.121. The number of hydrogen-bond acceptors (Lipinski definition) is 3. The van der Waals surface area contributed by atoms with Gasteiger partial charge in [0.2, 0.25) is 5.91 Å². The van der Waals surface area contributed by atoms with Gasteiger partial charge in [0.15, 0.2) is 0 Å². The maximum absolute atomic E-state index is 11.9. The van der Waals surface area contributed by atoms with Crippen molar-refractivity contribution < 1.29 is 4.79 Å². The van der Waals surface area contributed by atoms with Gasteiger partial charge in [-0.3, -0.25) is 9.69 Å². The molecule has 0 aliphatic carbocycles. The van der Waals surface area contributed by atoms with E-state index in [9.17, 15) is 4.79 Å². The first-order valence-electron chi connectivity index (χ1n) is 8.37. The number of carbonyl (C=O) groups excluding carboxylic acids is 1. The Labute approximate surface area is 159 Å². The summed E-state index contributed by atoms with van der Waals surface area (Å²) in [5.74, 6) is 0.0996. The summed E-state index contributed by atoms with van der Waals surface area (Å²) in [6, 6.07) is 10.9. The Kier molecular flexibility index (Phi) is 15.4. The molecule has 0 bridgehead atoms. The number of amides is 1. The Bertz CT molecular complexity index is 426. The molecule has 6 heteroatoms. The van der Waals surface area contributed by atoms with Crippen molar-refractivity contribution in [1.29, 1.82) is 0 Å². The minimum atomic E-state index is 0. The van der Waals surface area contributed by atoms with Crippen LogP contribution in [-0.2, 0) is 11.2 Å². The fraction of sp³-hybridized carbons (Fsp3) is 0.611. The van der Waals surface area contributed by atoms with Gasteiger partial charge in [-0.2, -0.15) is 0 Å². The predicted octanol–water partition coefficient (Wildman–Crippen LogP) is 3.03. The molecule has 140 valence electrons. The van der Waals surface area contributed by atoms with E-state index in [0.717, 1.165) is 25.9 Å². The molecule has 2 unspecified atom stereocenters. The molecule has 0 fully saturated rings. The van der Waals surface area contributed by atoms with Gasteiger partial charge in [-0.05, 0) is 38.4 Å². The Morgan fingerprint density at radius 1 is 1.17 bits per heavy atom. The molecular weight excluding hydrogens is 345 g/mol. The van der Waals surface area contributed by atoms with Gasteiger partial charge in [0.1, 0.15) is 0 Å². The number of nitrogens with two attached hydrogens (primary N) is 1. The highest BCUT2D eigenvalue weighted by atomic mass is 35.5. The van der Waals surface area contributed by atoms with E-state index in [1.165, 1.54) is 5.56 Å². The third kappa shape index (κ3) is 10.1.